The molecule has 0 aromatic heterocycles. The van der Waals surface area contributed by atoms with Gasteiger partial charge in [-0.1, -0.05) is 28.1 Å². The van der Waals surface area contributed by atoms with Crippen LogP contribution in [-0.2, 0) is 6.42 Å². The minimum Gasteiger partial charge on any atom is -0.456 e. The molecular weight excluding hydrogens is 339 g/mol. The van der Waals surface area contributed by atoms with Gasteiger partial charge in [-0.15, -0.1) is 11.8 Å². The first-order chi connectivity index (χ1) is 9.67. The number of benzene rings is 2. The maximum atomic E-state index is 13.2. The van der Waals surface area contributed by atoms with Crippen LogP contribution in [0.4, 0.5) is 4.39 Å². The fourth-order valence-corrected chi connectivity index (χ4v) is 3.18. The van der Waals surface area contributed by atoms with Crippen LogP contribution in [0, 0.1) is 5.82 Å². The van der Waals surface area contributed by atoms with Crippen LogP contribution in [0.2, 0.25) is 0 Å². The first-order valence-electron chi connectivity index (χ1n) is 6.17. The van der Waals surface area contributed by atoms with E-state index < -0.39 is 0 Å². The summed E-state index contributed by atoms with van der Waals surface area (Å²) in [5.41, 5.74) is 1.88. The summed E-state index contributed by atoms with van der Waals surface area (Å²) in [5, 5.41) is 0. The van der Waals surface area contributed by atoms with E-state index in [4.69, 9.17) is 4.74 Å². The molecule has 0 atom stereocenters. The molecule has 0 spiro atoms. The summed E-state index contributed by atoms with van der Waals surface area (Å²) in [5.74, 6) is 1.29. The molecule has 2 aromatic rings. The van der Waals surface area contributed by atoms with E-state index in [1.807, 2.05) is 18.4 Å². The van der Waals surface area contributed by atoms with Gasteiger partial charge in [-0.3, -0.25) is 0 Å². The maximum absolute atomic E-state index is 13.2. The van der Waals surface area contributed by atoms with Crippen LogP contribution in [0.1, 0.15) is 11.1 Å². The van der Waals surface area contributed by atoms with E-state index >= 15 is 0 Å². The van der Waals surface area contributed by atoms with Crippen LogP contribution in [0.3, 0.4) is 0 Å². The third-order valence-electron chi connectivity index (χ3n) is 3.18. The summed E-state index contributed by atoms with van der Waals surface area (Å²) in [4.78, 5) is 1.21. The van der Waals surface area contributed by atoms with Gasteiger partial charge in [0.2, 0.25) is 0 Å². The number of hydrogen-bond donors (Lipinski definition) is 0. The Morgan fingerprint density at radius 2 is 1.90 bits per heavy atom. The Hall–Kier alpha value is -1.26. The van der Waals surface area contributed by atoms with Crippen molar-refractivity contribution in [2.75, 3.05) is 6.26 Å². The predicted octanol–water partition coefficient (Wildman–Crippen LogP) is 5.25. The Labute approximate surface area is 130 Å². The second-order valence-corrected chi connectivity index (χ2v) is 6.33. The number of hydrogen-bond acceptors (Lipinski definition) is 2. The zero-order chi connectivity index (χ0) is 14.1. The van der Waals surface area contributed by atoms with E-state index in [1.54, 1.807) is 17.8 Å². The number of halogens is 2. The molecule has 0 fully saturated rings. The molecule has 0 amide bonds. The van der Waals surface area contributed by atoms with Crippen LogP contribution in [0.5, 0.6) is 5.75 Å². The molecular formula is C16H12BrFOS. The fraction of sp³-hybridized carbons (Fsp3) is 0.125. The standard InChI is InChI=1S/C16H12BrFOS/c1-20-13-5-2-10(3-6-13)16-14(17)9-11-8-12(18)4-7-15(11)19-16/h2-8H,9H2,1H3. The highest BCUT2D eigenvalue weighted by Crippen LogP contribution is 2.37. The molecule has 1 nitrogen and oxygen atoms in total. The van der Waals surface area contributed by atoms with E-state index in [0.717, 1.165) is 27.1 Å². The van der Waals surface area contributed by atoms with Crippen molar-refractivity contribution in [3.8, 4) is 5.75 Å². The highest BCUT2D eigenvalue weighted by Gasteiger charge is 2.20. The second kappa shape index (κ2) is 5.62. The molecule has 1 aliphatic rings. The van der Waals surface area contributed by atoms with Gasteiger partial charge in [0.25, 0.3) is 0 Å². The van der Waals surface area contributed by atoms with E-state index in [2.05, 4.69) is 28.1 Å². The lowest BCUT2D eigenvalue weighted by Gasteiger charge is -2.21. The molecule has 102 valence electrons. The third-order valence-corrected chi connectivity index (χ3v) is 4.56. The second-order valence-electron chi connectivity index (χ2n) is 4.49. The molecule has 3 rings (SSSR count). The van der Waals surface area contributed by atoms with Crippen molar-refractivity contribution in [2.45, 2.75) is 11.3 Å². The van der Waals surface area contributed by atoms with Gasteiger partial charge in [0.1, 0.15) is 17.3 Å². The number of ether oxygens (including phenoxy) is 1. The Kier molecular flexibility index (Phi) is 3.85. The van der Waals surface area contributed by atoms with Gasteiger partial charge in [-0.25, -0.2) is 4.39 Å². The molecule has 2 aromatic carbocycles. The lowest BCUT2D eigenvalue weighted by atomic mass is 10.0. The summed E-state index contributed by atoms with van der Waals surface area (Å²) in [6, 6.07) is 12.8. The van der Waals surface area contributed by atoms with Gasteiger partial charge in [-0.05, 0) is 36.6 Å². The molecule has 4 heteroatoms. The minimum absolute atomic E-state index is 0.236. The van der Waals surface area contributed by atoms with Crippen molar-refractivity contribution in [3.05, 3.63) is 63.9 Å². The first kappa shape index (κ1) is 13.7. The summed E-state index contributed by atoms with van der Waals surface area (Å²) in [7, 11) is 0. The van der Waals surface area contributed by atoms with E-state index in [-0.39, 0.29) is 5.82 Å². The lowest BCUT2D eigenvalue weighted by molar-refractivity contribution is 0.493. The monoisotopic (exact) mass is 350 g/mol. The van der Waals surface area contributed by atoms with Crippen molar-refractivity contribution in [3.63, 3.8) is 0 Å². The topological polar surface area (TPSA) is 9.23 Å². The molecule has 20 heavy (non-hydrogen) atoms. The van der Waals surface area contributed by atoms with Gasteiger partial charge < -0.3 is 4.74 Å². The van der Waals surface area contributed by atoms with Gasteiger partial charge in [0.05, 0.1) is 0 Å². The third kappa shape index (κ3) is 2.63. The van der Waals surface area contributed by atoms with Crippen molar-refractivity contribution in [1.82, 2.24) is 0 Å². The zero-order valence-corrected chi connectivity index (χ0v) is 13.2. The Morgan fingerprint density at radius 3 is 2.60 bits per heavy atom. The number of thioether (sulfide) groups is 1. The zero-order valence-electron chi connectivity index (χ0n) is 10.8. The average molecular weight is 351 g/mol. The average Bonchev–Trinajstić information content (AvgIpc) is 2.46. The summed E-state index contributed by atoms with van der Waals surface area (Å²) in [6.07, 6.45) is 2.69. The van der Waals surface area contributed by atoms with Gasteiger partial charge >= 0.3 is 0 Å². The Balaban J connectivity index is 1.96. The molecule has 1 heterocycles. The largest absolute Gasteiger partial charge is 0.456 e. The van der Waals surface area contributed by atoms with Crippen LogP contribution < -0.4 is 4.74 Å². The van der Waals surface area contributed by atoms with Gasteiger partial charge in [-0.2, -0.15) is 0 Å². The molecule has 0 saturated carbocycles. The van der Waals surface area contributed by atoms with E-state index in [9.17, 15) is 4.39 Å². The fourth-order valence-electron chi connectivity index (χ4n) is 2.16. The van der Waals surface area contributed by atoms with Crippen LogP contribution in [-0.4, -0.2) is 6.26 Å². The molecule has 0 N–H and O–H groups in total. The van der Waals surface area contributed by atoms with Crippen molar-refractivity contribution in [2.24, 2.45) is 0 Å². The first-order valence-corrected chi connectivity index (χ1v) is 8.18. The normalized spacial score (nSPS) is 13.9. The van der Waals surface area contributed by atoms with Gasteiger partial charge in [0, 0.05) is 26.9 Å². The SMILES string of the molecule is CSc1ccc(C2=C(Br)Cc3cc(F)ccc3O2)cc1. The van der Waals surface area contributed by atoms with E-state index in [1.165, 1.54) is 17.0 Å². The Bertz CT molecular complexity index is 679. The van der Waals surface area contributed by atoms with Gasteiger partial charge in [0.15, 0.2) is 0 Å². The smallest absolute Gasteiger partial charge is 0.145 e. The highest BCUT2D eigenvalue weighted by atomic mass is 79.9. The molecule has 0 aliphatic carbocycles. The summed E-state index contributed by atoms with van der Waals surface area (Å²) < 4.78 is 20.1. The molecule has 0 saturated heterocycles. The maximum Gasteiger partial charge on any atom is 0.145 e. The molecule has 0 radical (unpaired) electrons. The van der Waals surface area contributed by atoms with Crippen molar-refractivity contribution >= 4 is 33.5 Å². The predicted molar refractivity (Wildman–Crippen MR) is 84.8 cm³/mol. The highest BCUT2D eigenvalue weighted by molar-refractivity contribution is 9.11. The summed E-state index contributed by atoms with van der Waals surface area (Å²) >= 11 is 5.25. The number of fused-ring (bicyclic) bond motifs is 1. The molecule has 0 bridgehead atoms. The number of allylic oxidation sites excluding steroid dienone is 1. The number of rotatable bonds is 2. The quantitative estimate of drug-likeness (QED) is 0.684. The minimum atomic E-state index is -0.236. The van der Waals surface area contributed by atoms with E-state index in [0.29, 0.717) is 6.42 Å². The summed E-state index contributed by atoms with van der Waals surface area (Å²) in [6.45, 7) is 0. The van der Waals surface area contributed by atoms with Crippen LogP contribution >= 0.6 is 27.7 Å². The van der Waals surface area contributed by atoms with Crippen LogP contribution in [0.25, 0.3) is 5.76 Å². The molecule has 1 aliphatic heterocycles. The Morgan fingerprint density at radius 1 is 1.15 bits per heavy atom. The molecule has 0 unspecified atom stereocenters. The van der Waals surface area contributed by atoms with Crippen LogP contribution in [0.15, 0.2) is 51.8 Å². The lowest BCUT2D eigenvalue weighted by Crippen LogP contribution is -2.07. The van der Waals surface area contributed by atoms with Crippen molar-refractivity contribution in [1.29, 1.82) is 0 Å². The van der Waals surface area contributed by atoms with Crippen molar-refractivity contribution < 1.29 is 9.13 Å².